The van der Waals surface area contributed by atoms with Gasteiger partial charge in [0.25, 0.3) is 0 Å². The van der Waals surface area contributed by atoms with Gasteiger partial charge >= 0.3 is 5.97 Å². The lowest BCUT2D eigenvalue weighted by molar-refractivity contribution is -0.101. The van der Waals surface area contributed by atoms with Gasteiger partial charge in [0.15, 0.2) is 16.9 Å². The molecule has 0 amide bonds. The monoisotopic (exact) mass is 429 g/mol. The number of carboxylic acid groups (broad SMARTS) is 1. The van der Waals surface area contributed by atoms with Gasteiger partial charge in [-0.15, -0.1) is 0 Å². The topological polar surface area (TPSA) is 96.2 Å². The molecule has 8 nitrogen and oxygen atoms in total. The minimum atomic E-state index is -1.22. The van der Waals surface area contributed by atoms with E-state index < -0.39 is 11.4 Å². The highest BCUT2D eigenvalue weighted by atomic mass is 16.6. The van der Waals surface area contributed by atoms with Crippen LogP contribution in [-0.2, 0) is 15.9 Å². The Morgan fingerprint density at radius 2 is 2.06 bits per heavy atom. The Morgan fingerprint density at radius 3 is 2.71 bits per heavy atom. The molecule has 1 aromatic heterocycles. The van der Waals surface area contributed by atoms with Crippen LogP contribution < -0.4 is 14.9 Å². The van der Waals surface area contributed by atoms with Gasteiger partial charge in [-0.1, -0.05) is 13.8 Å². The maximum Gasteiger partial charge on any atom is 0.341 e. The largest absolute Gasteiger partial charge is 0.493 e. The van der Waals surface area contributed by atoms with Crippen LogP contribution in [0.15, 0.2) is 29.2 Å². The second kappa shape index (κ2) is 8.72. The van der Waals surface area contributed by atoms with Crippen LogP contribution in [0.2, 0.25) is 0 Å². The molecule has 2 aromatic rings. The number of pyridine rings is 1. The molecule has 4 rings (SSSR count). The summed E-state index contributed by atoms with van der Waals surface area (Å²) in [5.74, 6) is 0.162. The first-order valence-electron chi connectivity index (χ1n) is 10.4. The van der Waals surface area contributed by atoms with Crippen LogP contribution in [-0.4, -0.2) is 55.3 Å². The van der Waals surface area contributed by atoms with Crippen molar-refractivity contribution in [3.05, 3.63) is 45.7 Å². The van der Waals surface area contributed by atoms with Gasteiger partial charge in [-0.3, -0.25) is 4.79 Å². The quantitative estimate of drug-likeness (QED) is 0.754. The smallest absolute Gasteiger partial charge is 0.341 e. The fourth-order valence-electron chi connectivity index (χ4n) is 4.18. The van der Waals surface area contributed by atoms with E-state index in [4.69, 9.17) is 18.9 Å². The van der Waals surface area contributed by atoms with Crippen molar-refractivity contribution in [1.29, 1.82) is 0 Å². The molecule has 0 radical (unpaired) electrons. The van der Waals surface area contributed by atoms with Crippen molar-refractivity contribution in [2.45, 2.75) is 32.4 Å². The molecule has 0 aliphatic carbocycles. The fraction of sp³-hybridized carbons (Fsp3) is 0.478. The third kappa shape index (κ3) is 4.18. The van der Waals surface area contributed by atoms with Crippen LogP contribution in [0.3, 0.4) is 0 Å². The van der Waals surface area contributed by atoms with Crippen molar-refractivity contribution in [2.24, 2.45) is 5.92 Å². The van der Waals surface area contributed by atoms with E-state index in [0.717, 1.165) is 11.1 Å². The van der Waals surface area contributed by atoms with Crippen LogP contribution >= 0.6 is 0 Å². The van der Waals surface area contributed by atoms with Gasteiger partial charge in [0.1, 0.15) is 18.3 Å². The predicted octanol–water partition coefficient (Wildman–Crippen LogP) is 2.77. The van der Waals surface area contributed by atoms with Crippen molar-refractivity contribution in [1.82, 2.24) is 4.57 Å². The SMILES string of the molecule is COc1cc2c(cc1OCC1COCCO1)CC(C(C)C)n1cc(C(=O)O)c(=O)cc1-2. The number of nitrogens with zero attached hydrogens (tertiary/aromatic N) is 1. The number of fused-ring (bicyclic) bond motifs is 3. The lowest BCUT2D eigenvalue weighted by Crippen LogP contribution is -2.33. The summed E-state index contributed by atoms with van der Waals surface area (Å²) >= 11 is 0. The fourth-order valence-corrected chi connectivity index (χ4v) is 4.18. The number of rotatable bonds is 6. The second-order valence-electron chi connectivity index (χ2n) is 8.20. The Bertz CT molecular complexity index is 1040. The van der Waals surface area contributed by atoms with E-state index in [0.29, 0.717) is 50.0 Å². The Hall–Kier alpha value is -2.84. The highest BCUT2D eigenvalue weighted by molar-refractivity contribution is 5.87. The Kier molecular flexibility index (Phi) is 6.02. The molecule has 1 aromatic carbocycles. The maximum absolute atomic E-state index is 12.4. The zero-order valence-electron chi connectivity index (χ0n) is 17.9. The summed E-state index contributed by atoms with van der Waals surface area (Å²) in [5.41, 5.74) is 1.82. The van der Waals surface area contributed by atoms with E-state index in [9.17, 15) is 14.7 Å². The first kappa shape index (κ1) is 21.4. The van der Waals surface area contributed by atoms with Crippen LogP contribution in [0.4, 0.5) is 0 Å². The van der Waals surface area contributed by atoms with Gasteiger partial charge in [-0.05, 0) is 30.0 Å². The summed E-state index contributed by atoms with van der Waals surface area (Å²) in [6.07, 6.45) is 2.02. The number of benzene rings is 1. The lowest BCUT2D eigenvalue weighted by atomic mass is 9.87. The van der Waals surface area contributed by atoms with Crippen LogP contribution in [0.25, 0.3) is 11.3 Å². The van der Waals surface area contributed by atoms with E-state index in [-0.39, 0.29) is 23.6 Å². The molecule has 166 valence electrons. The first-order valence-corrected chi connectivity index (χ1v) is 10.4. The molecule has 8 heteroatoms. The summed E-state index contributed by atoms with van der Waals surface area (Å²) in [4.78, 5) is 24.0. The van der Waals surface area contributed by atoms with Crippen LogP contribution in [0.1, 0.15) is 35.8 Å². The predicted molar refractivity (Wildman–Crippen MR) is 113 cm³/mol. The first-order chi connectivity index (χ1) is 14.9. The van der Waals surface area contributed by atoms with Crippen molar-refractivity contribution >= 4 is 5.97 Å². The summed E-state index contributed by atoms with van der Waals surface area (Å²) in [5, 5.41) is 9.40. The molecule has 1 saturated heterocycles. The molecule has 31 heavy (non-hydrogen) atoms. The Morgan fingerprint density at radius 1 is 1.26 bits per heavy atom. The minimum absolute atomic E-state index is 0.0116. The second-order valence-corrected chi connectivity index (χ2v) is 8.20. The maximum atomic E-state index is 12.4. The number of carboxylic acids is 1. The van der Waals surface area contributed by atoms with Crippen LogP contribution in [0.5, 0.6) is 11.5 Å². The molecule has 1 fully saturated rings. The lowest BCUT2D eigenvalue weighted by Gasteiger charge is -2.34. The molecular formula is C23H27NO7. The minimum Gasteiger partial charge on any atom is -0.493 e. The number of ether oxygens (including phenoxy) is 4. The molecule has 1 N–H and O–H groups in total. The van der Waals surface area contributed by atoms with Crippen molar-refractivity contribution in [3.63, 3.8) is 0 Å². The number of hydrogen-bond donors (Lipinski definition) is 1. The van der Waals surface area contributed by atoms with Gasteiger partial charge in [-0.25, -0.2) is 4.79 Å². The number of methoxy groups -OCH3 is 1. The van der Waals surface area contributed by atoms with E-state index in [2.05, 4.69) is 13.8 Å². The van der Waals surface area contributed by atoms with Gasteiger partial charge < -0.3 is 28.6 Å². The molecule has 2 atom stereocenters. The number of hydrogen-bond acceptors (Lipinski definition) is 6. The number of aromatic nitrogens is 1. The summed E-state index contributed by atoms with van der Waals surface area (Å²) in [6, 6.07) is 5.22. The summed E-state index contributed by atoms with van der Waals surface area (Å²) in [6.45, 7) is 6.15. The average Bonchev–Trinajstić information content (AvgIpc) is 2.76. The van der Waals surface area contributed by atoms with Crippen LogP contribution in [0, 0.1) is 5.92 Å². The van der Waals surface area contributed by atoms with Crippen molar-refractivity contribution in [3.8, 4) is 22.8 Å². The number of carbonyl (C=O) groups is 1. The normalized spacial score (nSPS) is 20.1. The molecule has 2 unspecified atom stereocenters. The Labute approximate surface area is 180 Å². The Balaban J connectivity index is 1.75. The molecule has 2 aliphatic heterocycles. The highest BCUT2D eigenvalue weighted by Crippen LogP contribution is 2.42. The summed E-state index contributed by atoms with van der Waals surface area (Å²) < 4.78 is 24.5. The molecule has 0 bridgehead atoms. The molecule has 2 aliphatic rings. The van der Waals surface area contributed by atoms with Gasteiger partial charge in [-0.2, -0.15) is 0 Å². The third-order valence-electron chi connectivity index (χ3n) is 5.84. The molecule has 0 spiro atoms. The highest BCUT2D eigenvalue weighted by Gasteiger charge is 2.29. The van der Waals surface area contributed by atoms with Gasteiger partial charge in [0.2, 0.25) is 0 Å². The third-order valence-corrected chi connectivity index (χ3v) is 5.84. The molecule has 3 heterocycles. The van der Waals surface area contributed by atoms with E-state index >= 15 is 0 Å². The van der Waals surface area contributed by atoms with E-state index in [1.165, 1.54) is 12.3 Å². The van der Waals surface area contributed by atoms with Gasteiger partial charge in [0.05, 0.1) is 32.6 Å². The average molecular weight is 429 g/mol. The van der Waals surface area contributed by atoms with E-state index in [1.54, 1.807) is 7.11 Å². The van der Waals surface area contributed by atoms with Crippen molar-refractivity contribution < 1.29 is 28.8 Å². The zero-order chi connectivity index (χ0) is 22.1. The number of aromatic carboxylic acids is 1. The molecule has 0 saturated carbocycles. The van der Waals surface area contributed by atoms with E-state index in [1.807, 2.05) is 16.7 Å². The zero-order valence-corrected chi connectivity index (χ0v) is 17.9. The van der Waals surface area contributed by atoms with Gasteiger partial charge in [0, 0.05) is 23.9 Å². The standard InChI is InChI=1S/C23H27NO7/c1-13(2)18-6-14-7-22(31-12-15-11-29-4-5-30-15)21(28-3)8-16(14)19-9-20(25)17(23(26)27)10-24(18)19/h7-10,13,15,18H,4-6,11-12H2,1-3H3,(H,26,27). The molecular weight excluding hydrogens is 402 g/mol. The van der Waals surface area contributed by atoms with Crippen molar-refractivity contribution in [2.75, 3.05) is 33.5 Å². The summed E-state index contributed by atoms with van der Waals surface area (Å²) in [7, 11) is 1.56.